The number of hydrogen-bond donors (Lipinski definition) is 1. The summed E-state index contributed by atoms with van der Waals surface area (Å²) in [7, 11) is 0. The number of fused-ring (bicyclic) bond motifs is 1. The lowest BCUT2D eigenvalue weighted by molar-refractivity contribution is 0.0523. The van der Waals surface area contributed by atoms with Crippen molar-refractivity contribution in [2.75, 3.05) is 0 Å². The summed E-state index contributed by atoms with van der Waals surface area (Å²) < 4.78 is 7.28. The number of nitrogens with one attached hydrogen (secondary N) is 1. The SMILES string of the molecule is CC(C)(C)OC(=O)NCc1nc2cccc(Br)c2s1. The summed E-state index contributed by atoms with van der Waals surface area (Å²) in [4.78, 5) is 16.0. The van der Waals surface area contributed by atoms with Crippen molar-refractivity contribution < 1.29 is 9.53 Å². The molecule has 1 aromatic carbocycles. The summed E-state index contributed by atoms with van der Waals surface area (Å²) in [5.74, 6) is 0. The zero-order chi connectivity index (χ0) is 14.0. The fraction of sp³-hybridized carbons (Fsp3) is 0.385. The van der Waals surface area contributed by atoms with Crippen LogP contribution in [0.3, 0.4) is 0 Å². The first-order chi connectivity index (χ1) is 8.85. The third-order valence-electron chi connectivity index (χ3n) is 2.19. The number of aromatic nitrogens is 1. The van der Waals surface area contributed by atoms with E-state index in [1.54, 1.807) is 11.3 Å². The zero-order valence-corrected chi connectivity index (χ0v) is 13.4. The Bertz CT molecular complexity index is 604. The van der Waals surface area contributed by atoms with E-state index in [1.807, 2.05) is 39.0 Å². The number of rotatable bonds is 2. The highest BCUT2D eigenvalue weighted by atomic mass is 79.9. The van der Waals surface area contributed by atoms with Gasteiger partial charge in [0.05, 0.1) is 16.8 Å². The highest BCUT2D eigenvalue weighted by Gasteiger charge is 2.16. The van der Waals surface area contributed by atoms with Gasteiger partial charge in [-0.15, -0.1) is 11.3 Å². The van der Waals surface area contributed by atoms with Gasteiger partial charge in [0.2, 0.25) is 0 Å². The van der Waals surface area contributed by atoms with Gasteiger partial charge in [-0.2, -0.15) is 0 Å². The number of nitrogens with zero attached hydrogens (tertiary/aromatic N) is 1. The number of alkyl carbamates (subject to hydrolysis) is 1. The number of amides is 1. The van der Waals surface area contributed by atoms with E-state index < -0.39 is 11.7 Å². The molecule has 4 nitrogen and oxygen atoms in total. The number of halogens is 1. The van der Waals surface area contributed by atoms with E-state index in [9.17, 15) is 4.79 Å². The van der Waals surface area contributed by atoms with Crippen LogP contribution in [0, 0.1) is 0 Å². The van der Waals surface area contributed by atoms with E-state index in [4.69, 9.17) is 4.74 Å². The van der Waals surface area contributed by atoms with Gasteiger partial charge in [0, 0.05) is 4.47 Å². The van der Waals surface area contributed by atoms with Crippen LogP contribution in [0.25, 0.3) is 10.2 Å². The average molecular weight is 343 g/mol. The second kappa shape index (κ2) is 5.46. The van der Waals surface area contributed by atoms with Crippen molar-refractivity contribution in [1.29, 1.82) is 0 Å². The maximum atomic E-state index is 11.5. The fourth-order valence-corrected chi connectivity index (χ4v) is 3.01. The first-order valence-corrected chi connectivity index (χ1v) is 7.47. The molecule has 1 aromatic heterocycles. The van der Waals surface area contributed by atoms with Gasteiger partial charge < -0.3 is 10.1 Å². The quantitative estimate of drug-likeness (QED) is 0.894. The van der Waals surface area contributed by atoms with Crippen LogP contribution in [0.5, 0.6) is 0 Å². The van der Waals surface area contributed by atoms with Crippen LogP contribution in [-0.2, 0) is 11.3 Å². The molecule has 1 N–H and O–H groups in total. The number of hydrogen-bond acceptors (Lipinski definition) is 4. The Hall–Kier alpha value is -1.14. The Morgan fingerprint density at radius 3 is 2.84 bits per heavy atom. The van der Waals surface area contributed by atoms with E-state index in [-0.39, 0.29) is 0 Å². The molecular weight excluding hydrogens is 328 g/mol. The van der Waals surface area contributed by atoms with Crippen LogP contribution in [0.15, 0.2) is 22.7 Å². The number of benzene rings is 1. The van der Waals surface area contributed by atoms with E-state index in [0.29, 0.717) is 6.54 Å². The predicted octanol–water partition coefficient (Wildman–Crippen LogP) is 4.08. The second-order valence-electron chi connectivity index (χ2n) is 5.05. The molecule has 1 heterocycles. The van der Waals surface area contributed by atoms with Crippen molar-refractivity contribution in [3.05, 3.63) is 27.7 Å². The topological polar surface area (TPSA) is 51.2 Å². The third kappa shape index (κ3) is 3.91. The van der Waals surface area contributed by atoms with Gasteiger partial charge in [-0.3, -0.25) is 0 Å². The largest absolute Gasteiger partial charge is 0.444 e. The van der Waals surface area contributed by atoms with Gasteiger partial charge >= 0.3 is 6.09 Å². The smallest absolute Gasteiger partial charge is 0.408 e. The summed E-state index contributed by atoms with van der Waals surface area (Å²) in [6.07, 6.45) is -0.425. The van der Waals surface area contributed by atoms with E-state index in [2.05, 4.69) is 26.2 Å². The summed E-state index contributed by atoms with van der Waals surface area (Å²) in [6, 6.07) is 5.87. The minimum atomic E-state index is -0.485. The minimum absolute atomic E-state index is 0.376. The zero-order valence-electron chi connectivity index (χ0n) is 11.0. The highest BCUT2D eigenvalue weighted by Crippen LogP contribution is 2.29. The summed E-state index contributed by atoms with van der Waals surface area (Å²) in [5.41, 5.74) is 0.445. The molecule has 0 aliphatic carbocycles. The monoisotopic (exact) mass is 342 g/mol. The maximum absolute atomic E-state index is 11.5. The Kier molecular flexibility index (Phi) is 4.10. The molecule has 0 aliphatic heterocycles. The molecule has 1 amide bonds. The fourth-order valence-electron chi connectivity index (χ4n) is 1.50. The Balaban J connectivity index is 2.02. The van der Waals surface area contributed by atoms with Crippen molar-refractivity contribution in [2.45, 2.75) is 32.9 Å². The molecule has 0 spiro atoms. The van der Waals surface area contributed by atoms with Gasteiger partial charge in [-0.1, -0.05) is 6.07 Å². The Morgan fingerprint density at radius 1 is 1.47 bits per heavy atom. The van der Waals surface area contributed by atoms with Crippen LogP contribution in [-0.4, -0.2) is 16.7 Å². The van der Waals surface area contributed by atoms with Gasteiger partial charge in [0.15, 0.2) is 0 Å². The number of ether oxygens (including phenoxy) is 1. The molecule has 0 saturated carbocycles. The molecule has 19 heavy (non-hydrogen) atoms. The molecule has 0 saturated heterocycles. The maximum Gasteiger partial charge on any atom is 0.408 e. The van der Waals surface area contributed by atoms with Crippen molar-refractivity contribution in [3.8, 4) is 0 Å². The molecule has 2 aromatic rings. The van der Waals surface area contributed by atoms with Crippen molar-refractivity contribution >= 4 is 43.6 Å². The Labute approximate surface area is 124 Å². The molecule has 0 atom stereocenters. The predicted molar refractivity (Wildman–Crippen MR) is 80.4 cm³/mol. The third-order valence-corrected chi connectivity index (χ3v) is 4.22. The molecule has 6 heteroatoms. The van der Waals surface area contributed by atoms with Gasteiger partial charge in [0.1, 0.15) is 10.6 Å². The molecule has 0 aliphatic rings. The molecule has 0 unspecified atom stereocenters. The minimum Gasteiger partial charge on any atom is -0.444 e. The molecule has 102 valence electrons. The lowest BCUT2D eigenvalue weighted by Crippen LogP contribution is -2.32. The molecule has 0 radical (unpaired) electrons. The van der Waals surface area contributed by atoms with Crippen LogP contribution in [0.4, 0.5) is 4.79 Å². The van der Waals surface area contributed by atoms with Crippen LogP contribution in [0.1, 0.15) is 25.8 Å². The number of thiazole rings is 1. The average Bonchev–Trinajstić information content (AvgIpc) is 2.68. The molecule has 2 rings (SSSR count). The van der Waals surface area contributed by atoms with Crippen molar-refractivity contribution in [1.82, 2.24) is 10.3 Å². The van der Waals surface area contributed by atoms with Crippen LogP contribution < -0.4 is 5.32 Å². The normalized spacial score (nSPS) is 11.6. The van der Waals surface area contributed by atoms with Crippen molar-refractivity contribution in [2.24, 2.45) is 0 Å². The summed E-state index contributed by atoms with van der Waals surface area (Å²) in [5, 5.41) is 3.56. The summed E-state index contributed by atoms with van der Waals surface area (Å²) >= 11 is 5.04. The van der Waals surface area contributed by atoms with Gasteiger partial charge in [0.25, 0.3) is 0 Å². The molecular formula is C13H15BrN2O2S. The summed E-state index contributed by atoms with van der Waals surface area (Å²) in [6.45, 7) is 5.88. The lowest BCUT2D eigenvalue weighted by atomic mass is 10.2. The first-order valence-electron chi connectivity index (χ1n) is 5.86. The second-order valence-corrected chi connectivity index (χ2v) is 6.99. The van der Waals surface area contributed by atoms with E-state index in [1.165, 1.54) is 0 Å². The standard InChI is InChI=1S/C13H15BrN2O2S/c1-13(2,3)18-12(17)15-7-10-16-9-6-4-5-8(14)11(9)19-10/h4-6H,7H2,1-3H3,(H,15,17). The number of carbonyl (C=O) groups is 1. The van der Waals surface area contributed by atoms with Crippen LogP contribution in [0.2, 0.25) is 0 Å². The molecule has 0 bridgehead atoms. The first kappa shape index (κ1) is 14.3. The molecule has 0 fully saturated rings. The van der Waals surface area contributed by atoms with Crippen molar-refractivity contribution in [3.63, 3.8) is 0 Å². The van der Waals surface area contributed by atoms with E-state index in [0.717, 1.165) is 19.7 Å². The van der Waals surface area contributed by atoms with Gasteiger partial charge in [-0.05, 0) is 48.8 Å². The Morgan fingerprint density at radius 2 is 2.21 bits per heavy atom. The van der Waals surface area contributed by atoms with Gasteiger partial charge in [-0.25, -0.2) is 9.78 Å². The lowest BCUT2D eigenvalue weighted by Gasteiger charge is -2.19. The van der Waals surface area contributed by atoms with E-state index >= 15 is 0 Å². The highest BCUT2D eigenvalue weighted by molar-refractivity contribution is 9.10. The van der Waals surface area contributed by atoms with Crippen LogP contribution >= 0.6 is 27.3 Å². The number of carbonyl (C=O) groups excluding carboxylic acids is 1.